The monoisotopic (exact) mass is 253 g/mol. The molecule has 6 heteroatoms. The topological polar surface area (TPSA) is 110 Å². The first-order chi connectivity index (χ1) is 8.35. The summed E-state index contributed by atoms with van der Waals surface area (Å²) in [5, 5.41) is 18.4. The summed E-state index contributed by atoms with van der Waals surface area (Å²) in [5.74, 6) is -2.17. The summed E-state index contributed by atoms with van der Waals surface area (Å²) in [4.78, 5) is 22.4. The van der Waals surface area contributed by atoms with E-state index in [0.29, 0.717) is 12.0 Å². The van der Waals surface area contributed by atoms with Crippen molar-refractivity contribution in [3.05, 3.63) is 23.3 Å². The Morgan fingerprint density at radius 3 is 2.56 bits per heavy atom. The zero-order valence-electron chi connectivity index (χ0n) is 9.97. The summed E-state index contributed by atoms with van der Waals surface area (Å²) in [6.07, 6.45) is 3.79. The molecule has 2 aliphatic rings. The number of aliphatic carboxylic acids is 2. The van der Waals surface area contributed by atoms with Crippen LogP contribution in [0.2, 0.25) is 0 Å². The Morgan fingerprint density at radius 2 is 2.06 bits per heavy atom. The van der Waals surface area contributed by atoms with Crippen LogP contribution in [0.15, 0.2) is 23.3 Å². The second kappa shape index (κ2) is 3.93. The molecule has 0 aromatic heterocycles. The van der Waals surface area contributed by atoms with Gasteiger partial charge in [-0.1, -0.05) is 11.6 Å². The first-order valence-corrected chi connectivity index (χ1v) is 5.58. The fraction of sp³-hybridized carbons (Fsp3) is 0.500. The predicted octanol–water partition coefficient (Wildman–Crippen LogP) is 0.289. The maximum atomic E-state index is 11.2. The number of nitrogens with two attached hydrogens (primary N) is 1. The molecule has 2 aliphatic carbocycles. The fourth-order valence-corrected chi connectivity index (χ4v) is 2.57. The third kappa shape index (κ3) is 1.57. The van der Waals surface area contributed by atoms with Crippen LogP contribution >= 0.6 is 0 Å². The van der Waals surface area contributed by atoms with Crippen LogP contribution in [0.4, 0.5) is 0 Å². The van der Waals surface area contributed by atoms with Gasteiger partial charge in [-0.25, -0.2) is 9.59 Å². The van der Waals surface area contributed by atoms with Crippen LogP contribution in [-0.4, -0.2) is 40.4 Å². The molecule has 98 valence electrons. The Bertz CT molecular complexity index is 481. The zero-order valence-corrected chi connectivity index (χ0v) is 9.97. The van der Waals surface area contributed by atoms with Crippen molar-refractivity contribution >= 4 is 11.9 Å². The second-order valence-corrected chi connectivity index (χ2v) is 4.70. The van der Waals surface area contributed by atoms with Gasteiger partial charge in [0.15, 0.2) is 5.60 Å². The number of hydrogen-bond acceptors (Lipinski definition) is 4. The van der Waals surface area contributed by atoms with Crippen LogP contribution in [0, 0.1) is 0 Å². The predicted molar refractivity (Wildman–Crippen MR) is 61.9 cm³/mol. The number of ether oxygens (including phenoxy) is 1. The molecule has 0 heterocycles. The molecule has 4 N–H and O–H groups in total. The van der Waals surface area contributed by atoms with Crippen molar-refractivity contribution < 1.29 is 24.5 Å². The van der Waals surface area contributed by atoms with Crippen molar-refractivity contribution in [2.45, 2.75) is 30.4 Å². The highest BCUT2D eigenvalue weighted by Crippen LogP contribution is 2.43. The van der Waals surface area contributed by atoms with Crippen LogP contribution in [0.1, 0.15) is 19.3 Å². The van der Waals surface area contributed by atoms with Crippen LogP contribution < -0.4 is 5.73 Å². The smallest absolute Gasteiger partial charge is 0.340 e. The molecule has 0 spiro atoms. The highest BCUT2D eigenvalue weighted by atomic mass is 16.5. The summed E-state index contributed by atoms with van der Waals surface area (Å²) in [6.45, 7) is 0. The maximum Gasteiger partial charge on any atom is 0.340 e. The molecule has 0 saturated heterocycles. The van der Waals surface area contributed by atoms with E-state index in [1.54, 1.807) is 0 Å². The van der Waals surface area contributed by atoms with Gasteiger partial charge in [0.05, 0.1) is 0 Å². The molecule has 0 aromatic rings. The Kier molecular flexibility index (Phi) is 2.79. The van der Waals surface area contributed by atoms with E-state index in [1.165, 1.54) is 19.3 Å². The molecule has 0 fully saturated rings. The van der Waals surface area contributed by atoms with E-state index in [4.69, 9.17) is 15.6 Å². The fourth-order valence-electron chi connectivity index (χ4n) is 2.57. The Morgan fingerprint density at radius 1 is 1.39 bits per heavy atom. The highest BCUT2D eigenvalue weighted by Gasteiger charge is 2.48. The van der Waals surface area contributed by atoms with Gasteiger partial charge in [-0.15, -0.1) is 0 Å². The highest BCUT2D eigenvalue weighted by molar-refractivity contribution is 5.87. The van der Waals surface area contributed by atoms with E-state index in [0.717, 1.165) is 5.57 Å². The van der Waals surface area contributed by atoms with Crippen LogP contribution in [0.5, 0.6) is 0 Å². The van der Waals surface area contributed by atoms with E-state index >= 15 is 0 Å². The average molecular weight is 253 g/mol. The average Bonchev–Trinajstić information content (AvgIpc) is 2.67. The molecular weight excluding hydrogens is 238 g/mol. The third-order valence-electron chi connectivity index (χ3n) is 3.79. The lowest BCUT2D eigenvalue weighted by atomic mass is 9.83. The number of rotatable bonds is 3. The molecule has 18 heavy (non-hydrogen) atoms. The Hall–Kier alpha value is -1.66. The number of hydrogen-bond donors (Lipinski definition) is 3. The lowest BCUT2D eigenvalue weighted by molar-refractivity contribution is -0.156. The van der Waals surface area contributed by atoms with Crippen molar-refractivity contribution in [2.75, 3.05) is 7.11 Å². The molecule has 0 amide bonds. The summed E-state index contributed by atoms with van der Waals surface area (Å²) in [6, 6.07) is 0. The van der Waals surface area contributed by atoms with E-state index in [2.05, 4.69) is 0 Å². The van der Waals surface area contributed by atoms with Crippen molar-refractivity contribution in [3.63, 3.8) is 0 Å². The van der Waals surface area contributed by atoms with Crippen LogP contribution in [0.25, 0.3) is 0 Å². The second-order valence-electron chi connectivity index (χ2n) is 4.70. The molecule has 0 aliphatic heterocycles. The molecule has 0 aromatic carbocycles. The van der Waals surface area contributed by atoms with E-state index in [9.17, 15) is 14.7 Å². The molecule has 2 unspecified atom stereocenters. The maximum absolute atomic E-state index is 11.2. The van der Waals surface area contributed by atoms with Gasteiger partial charge in [-0.3, -0.25) is 0 Å². The van der Waals surface area contributed by atoms with Gasteiger partial charge < -0.3 is 20.7 Å². The van der Waals surface area contributed by atoms with Crippen molar-refractivity contribution in [1.82, 2.24) is 0 Å². The van der Waals surface area contributed by atoms with Crippen LogP contribution in [-0.2, 0) is 14.3 Å². The molecule has 6 nitrogen and oxygen atoms in total. The quantitative estimate of drug-likeness (QED) is 0.666. The van der Waals surface area contributed by atoms with Crippen molar-refractivity contribution in [2.24, 2.45) is 5.73 Å². The largest absolute Gasteiger partial charge is 0.480 e. The van der Waals surface area contributed by atoms with Gasteiger partial charge in [-0.2, -0.15) is 0 Å². The van der Waals surface area contributed by atoms with Gasteiger partial charge in [0.25, 0.3) is 0 Å². The number of carboxylic acids is 2. The normalized spacial score (nSPS) is 34.6. The van der Waals surface area contributed by atoms with Gasteiger partial charge in [0.2, 0.25) is 0 Å². The molecular formula is C12H15NO5. The standard InChI is InChI=1S/C12H15NO5/c1-18-11(9(14)15)4-3-8-7(6-11)2-5-12(8,13)10(16)17/h3-4H,2,5-6,13H2,1H3,(H,14,15)(H,16,17). The number of methoxy groups -OCH3 is 1. The summed E-state index contributed by atoms with van der Waals surface area (Å²) >= 11 is 0. The minimum absolute atomic E-state index is 0.150. The van der Waals surface area contributed by atoms with Crippen molar-refractivity contribution in [1.29, 1.82) is 0 Å². The first kappa shape index (κ1) is 12.8. The molecule has 0 saturated carbocycles. The molecule has 2 atom stereocenters. The van der Waals surface area contributed by atoms with E-state index in [-0.39, 0.29) is 12.8 Å². The Balaban J connectivity index is 2.39. The van der Waals surface area contributed by atoms with Gasteiger partial charge >= 0.3 is 11.9 Å². The minimum Gasteiger partial charge on any atom is -0.480 e. The van der Waals surface area contributed by atoms with Gasteiger partial charge in [0.1, 0.15) is 5.54 Å². The van der Waals surface area contributed by atoms with E-state index in [1.807, 2.05) is 0 Å². The summed E-state index contributed by atoms with van der Waals surface area (Å²) < 4.78 is 5.07. The summed E-state index contributed by atoms with van der Waals surface area (Å²) in [7, 11) is 1.33. The molecule has 0 radical (unpaired) electrons. The lowest BCUT2D eigenvalue weighted by Gasteiger charge is -2.30. The molecule has 2 rings (SSSR count). The first-order valence-electron chi connectivity index (χ1n) is 5.58. The number of carboxylic acid groups (broad SMARTS) is 2. The van der Waals surface area contributed by atoms with Gasteiger partial charge in [-0.05, 0) is 24.5 Å². The van der Waals surface area contributed by atoms with E-state index < -0.39 is 23.1 Å². The summed E-state index contributed by atoms with van der Waals surface area (Å²) in [5.41, 5.74) is 4.34. The van der Waals surface area contributed by atoms with Gasteiger partial charge in [0, 0.05) is 13.5 Å². The van der Waals surface area contributed by atoms with Crippen molar-refractivity contribution in [3.8, 4) is 0 Å². The van der Waals surface area contributed by atoms with Crippen LogP contribution in [0.3, 0.4) is 0 Å². The zero-order chi connectivity index (χ0) is 13.6. The lowest BCUT2D eigenvalue weighted by Crippen LogP contribution is -2.48. The minimum atomic E-state index is -1.40. The third-order valence-corrected chi connectivity index (χ3v) is 3.79. The number of carbonyl (C=O) groups is 2. The Labute approximate surface area is 104 Å². The molecule has 0 bridgehead atoms. The SMILES string of the molecule is COC1(C(=O)O)C=CC2=C(CCC2(N)C(=O)O)C1.